The quantitative estimate of drug-likeness (QED) is 0.660. The Hall–Kier alpha value is -2.87. The highest BCUT2D eigenvalue weighted by atomic mass is 16.4. The monoisotopic (exact) mass is 342 g/mol. The molecule has 0 amide bonds. The van der Waals surface area contributed by atoms with E-state index in [4.69, 9.17) is 0 Å². The predicted molar refractivity (Wildman–Crippen MR) is 105 cm³/mol. The van der Waals surface area contributed by atoms with Crippen LogP contribution in [0.5, 0.6) is 0 Å². The fourth-order valence-electron chi connectivity index (χ4n) is 4.35. The van der Waals surface area contributed by atoms with Gasteiger partial charge in [0.2, 0.25) is 0 Å². The van der Waals surface area contributed by atoms with Gasteiger partial charge in [0, 0.05) is 5.92 Å². The molecule has 130 valence electrons. The van der Waals surface area contributed by atoms with Crippen LogP contribution in [0.2, 0.25) is 0 Å². The lowest BCUT2D eigenvalue weighted by Gasteiger charge is -2.16. The van der Waals surface area contributed by atoms with Gasteiger partial charge in [-0.2, -0.15) is 0 Å². The zero-order chi connectivity index (χ0) is 18.4. The molecule has 1 aliphatic rings. The molecule has 0 spiro atoms. The molecular weight excluding hydrogens is 320 g/mol. The van der Waals surface area contributed by atoms with Crippen molar-refractivity contribution < 1.29 is 9.90 Å². The molecule has 2 heteroatoms. The number of rotatable bonds is 3. The Balaban J connectivity index is 1.78. The maximum atomic E-state index is 11.4. The fraction of sp³-hybridized carbons (Fsp3) is 0.208. The van der Waals surface area contributed by atoms with Gasteiger partial charge in [0.1, 0.15) is 0 Å². The van der Waals surface area contributed by atoms with Crippen molar-refractivity contribution in [1.82, 2.24) is 0 Å². The van der Waals surface area contributed by atoms with Gasteiger partial charge in [-0.15, -0.1) is 0 Å². The molecular formula is C24H22O2. The Labute approximate surface area is 154 Å². The van der Waals surface area contributed by atoms with Crippen LogP contribution in [0, 0.1) is 13.8 Å². The van der Waals surface area contributed by atoms with Gasteiger partial charge in [0.15, 0.2) is 0 Å². The first kappa shape index (κ1) is 16.6. The second kappa shape index (κ2) is 6.14. The number of hydrogen-bond donors (Lipinski definition) is 1. The molecule has 0 heterocycles. The third kappa shape index (κ3) is 2.45. The van der Waals surface area contributed by atoms with Crippen LogP contribution in [0.4, 0.5) is 0 Å². The lowest BCUT2D eigenvalue weighted by Crippen LogP contribution is -2.04. The minimum Gasteiger partial charge on any atom is -0.478 e. The van der Waals surface area contributed by atoms with E-state index in [1.54, 1.807) is 6.07 Å². The van der Waals surface area contributed by atoms with Crippen LogP contribution in [0.1, 0.15) is 56.6 Å². The van der Waals surface area contributed by atoms with Crippen LogP contribution in [0.25, 0.3) is 11.1 Å². The van der Waals surface area contributed by atoms with Crippen molar-refractivity contribution in [2.24, 2.45) is 0 Å². The van der Waals surface area contributed by atoms with Gasteiger partial charge in [0.25, 0.3) is 0 Å². The van der Waals surface area contributed by atoms with Crippen molar-refractivity contribution in [2.45, 2.75) is 33.1 Å². The minimum atomic E-state index is -0.862. The van der Waals surface area contributed by atoms with Crippen molar-refractivity contribution in [3.05, 3.63) is 93.5 Å². The molecule has 4 rings (SSSR count). The maximum absolute atomic E-state index is 11.4. The fourth-order valence-corrected chi connectivity index (χ4v) is 4.35. The van der Waals surface area contributed by atoms with Gasteiger partial charge < -0.3 is 5.11 Å². The van der Waals surface area contributed by atoms with E-state index in [-0.39, 0.29) is 0 Å². The highest BCUT2D eigenvalue weighted by Gasteiger charge is 2.27. The summed E-state index contributed by atoms with van der Waals surface area (Å²) in [6.07, 6.45) is 0.759. The normalized spacial score (nSPS) is 14.8. The van der Waals surface area contributed by atoms with Gasteiger partial charge in [0.05, 0.1) is 5.56 Å². The molecule has 1 N–H and O–H groups in total. The number of benzene rings is 3. The summed E-state index contributed by atoms with van der Waals surface area (Å²) in [6.45, 7) is 6.38. The number of fused-ring (bicyclic) bond motifs is 3. The second-order valence-corrected chi connectivity index (χ2v) is 7.19. The summed E-state index contributed by atoms with van der Waals surface area (Å²) >= 11 is 0. The lowest BCUT2D eigenvalue weighted by molar-refractivity contribution is 0.0696. The van der Waals surface area contributed by atoms with Gasteiger partial charge in [-0.1, -0.05) is 55.5 Å². The molecule has 0 radical (unpaired) electrons. The Morgan fingerprint density at radius 1 is 0.885 bits per heavy atom. The average molecular weight is 342 g/mol. The van der Waals surface area contributed by atoms with Gasteiger partial charge in [-0.3, -0.25) is 0 Å². The topological polar surface area (TPSA) is 37.3 Å². The first-order valence-corrected chi connectivity index (χ1v) is 9.02. The first-order valence-electron chi connectivity index (χ1n) is 9.02. The van der Waals surface area contributed by atoms with Gasteiger partial charge in [-0.25, -0.2) is 4.79 Å². The van der Waals surface area contributed by atoms with Crippen LogP contribution in [0.15, 0.2) is 54.6 Å². The molecule has 1 aliphatic carbocycles. The van der Waals surface area contributed by atoms with Gasteiger partial charge in [-0.05, 0) is 70.8 Å². The molecule has 0 saturated heterocycles. The van der Waals surface area contributed by atoms with Crippen molar-refractivity contribution in [1.29, 1.82) is 0 Å². The van der Waals surface area contributed by atoms with E-state index in [1.165, 1.54) is 33.4 Å². The van der Waals surface area contributed by atoms with Crippen molar-refractivity contribution in [3.63, 3.8) is 0 Å². The van der Waals surface area contributed by atoms with E-state index in [2.05, 4.69) is 50.2 Å². The highest BCUT2D eigenvalue weighted by Crippen LogP contribution is 2.46. The van der Waals surface area contributed by atoms with Crippen LogP contribution >= 0.6 is 0 Å². The number of aromatic carboxylic acids is 1. The minimum absolute atomic E-state index is 0.391. The van der Waals surface area contributed by atoms with Crippen molar-refractivity contribution in [3.8, 4) is 11.1 Å². The van der Waals surface area contributed by atoms with Gasteiger partial charge >= 0.3 is 5.97 Å². The largest absolute Gasteiger partial charge is 0.478 e. The SMILES string of the molecule is Cc1c(Cc2ccc3c(c2C)C(C)c2ccccc2-3)cccc1C(=O)O. The highest BCUT2D eigenvalue weighted by molar-refractivity contribution is 5.89. The zero-order valence-corrected chi connectivity index (χ0v) is 15.3. The summed E-state index contributed by atoms with van der Waals surface area (Å²) in [5, 5.41) is 9.37. The van der Waals surface area contributed by atoms with Crippen LogP contribution in [-0.4, -0.2) is 11.1 Å². The van der Waals surface area contributed by atoms with E-state index in [0.29, 0.717) is 11.5 Å². The molecule has 0 saturated carbocycles. The van der Waals surface area contributed by atoms with E-state index in [9.17, 15) is 9.90 Å². The Bertz CT molecular complexity index is 1030. The number of carboxylic acid groups (broad SMARTS) is 1. The first-order chi connectivity index (χ1) is 12.5. The zero-order valence-electron chi connectivity index (χ0n) is 15.3. The van der Waals surface area contributed by atoms with Crippen molar-refractivity contribution in [2.75, 3.05) is 0 Å². The summed E-state index contributed by atoms with van der Waals surface area (Å²) < 4.78 is 0. The van der Waals surface area contributed by atoms with Crippen LogP contribution in [-0.2, 0) is 6.42 Å². The molecule has 0 bridgehead atoms. The van der Waals surface area contributed by atoms with E-state index in [0.717, 1.165) is 17.5 Å². The standard InChI is InChI=1S/C24H22O2/c1-14-17(7-6-10-20(14)24(25)26)13-18-11-12-22-21-9-5-4-8-19(21)16(3)23(22)15(18)2/h4-12,16H,13H2,1-3H3,(H,25,26). The Morgan fingerprint density at radius 2 is 1.62 bits per heavy atom. The number of carbonyl (C=O) groups is 1. The van der Waals surface area contributed by atoms with E-state index in [1.807, 2.05) is 19.1 Å². The third-order valence-corrected chi connectivity index (χ3v) is 5.83. The number of hydrogen-bond acceptors (Lipinski definition) is 1. The summed E-state index contributed by atoms with van der Waals surface area (Å²) in [7, 11) is 0. The Kier molecular flexibility index (Phi) is 3.91. The molecule has 3 aromatic rings. The summed E-state index contributed by atoms with van der Waals surface area (Å²) in [5.41, 5.74) is 10.4. The molecule has 26 heavy (non-hydrogen) atoms. The van der Waals surface area contributed by atoms with Crippen LogP contribution < -0.4 is 0 Å². The van der Waals surface area contributed by atoms with E-state index < -0.39 is 5.97 Å². The lowest BCUT2D eigenvalue weighted by atomic mass is 9.88. The molecule has 2 nitrogen and oxygen atoms in total. The average Bonchev–Trinajstić information content (AvgIpc) is 2.92. The second-order valence-electron chi connectivity index (χ2n) is 7.19. The molecule has 1 atom stereocenters. The molecule has 0 fully saturated rings. The number of carboxylic acids is 1. The molecule has 3 aromatic carbocycles. The molecule has 0 aliphatic heterocycles. The summed E-state index contributed by atoms with van der Waals surface area (Å²) in [5.74, 6) is -0.466. The smallest absolute Gasteiger partial charge is 0.335 e. The van der Waals surface area contributed by atoms with Crippen LogP contribution in [0.3, 0.4) is 0 Å². The van der Waals surface area contributed by atoms with Crippen molar-refractivity contribution >= 4 is 5.97 Å². The van der Waals surface area contributed by atoms with E-state index >= 15 is 0 Å². The molecule has 0 aromatic heterocycles. The summed E-state index contributed by atoms with van der Waals surface area (Å²) in [6, 6.07) is 18.6. The third-order valence-electron chi connectivity index (χ3n) is 5.83. The predicted octanol–water partition coefficient (Wildman–Crippen LogP) is 5.72. The summed E-state index contributed by atoms with van der Waals surface area (Å²) in [4.78, 5) is 11.4. The Morgan fingerprint density at radius 3 is 2.38 bits per heavy atom. The molecule has 1 unspecified atom stereocenters. The maximum Gasteiger partial charge on any atom is 0.335 e.